The summed E-state index contributed by atoms with van der Waals surface area (Å²) in [6.07, 6.45) is 0.489. The monoisotopic (exact) mass is 283 g/mol. The predicted molar refractivity (Wildman–Crippen MR) is 70.9 cm³/mol. The van der Waals surface area contributed by atoms with Gasteiger partial charge in [-0.1, -0.05) is 47.1 Å². The smallest absolute Gasteiger partial charge is 0.226 e. The van der Waals surface area contributed by atoms with Crippen molar-refractivity contribution < 1.29 is 4.79 Å². The molecular weight excluding hydrogens is 266 g/mol. The van der Waals surface area contributed by atoms with Crippen molar-refractivity contribution in [2.24, 2.45) is 0 Å². The van der Waals surface area contributed by atoms with Gasteiger partial charge in [-0.25, -0.2) is 0 Å². The fourth-order valence-corrected chi connectivity index (χ4v) is 2.02. The highest BCUT2D eigenvalue weighted by Gasteiger charge is 2.12. The van der Waals surface area contributed by atoms with Crippen LogP contribution in [0.25, 0.3) is 0 Å². The van der Waals surface area contributed by atoms with Crippen LogP contribution in [-0.2, 0) is 11.2 Å². The second-order valence-electron chi connectivity index (χ2n) is 4.16. The van der Waals surface area contributed by atoms with E-state index in [-0.39, 0.29) is 5.91 Å². The van der Waals surface area contributed by atoms with E-state index in [1.165, 1.54) is 5.56 Å². The molecule has 0 N–H and O–H groups in total. The van der Waals surface area contributed by atoms with Gasteiger partial charge in [-0.3, -0.25) is 4.79 Å². The van der Waals surface area contributed by atoms with Crippen molar-refractivity contribution in [1.82, 2.24) is 4.90 Å². The summed E-state index contributed by atoms with van der Waals surface area (Å²) < 4.78 is 0. The van der Waals surface area contributed by atoms with E-state index in [9.17, 15) is 4.79 Å². The standard InChI is InChI=1S/C13H18BrNO/c1-10-6-4-5-7-12(10)8-13(16)15(3)9-11(2)14/h4-7,11H,8-9H2,1-3H3. The molecule has 1 atom stereocenters. The number of carbonyl (C=O) groups excluding carboxylic acids is 1. The molecule has 0 aliphatic heterocycles. The van der Waals surface area contributed by atoms with Gasteiger partial charge in [0.25, 0.3) is 0 Å². The number of aryl methyl sites for hydroxylation is 1. The number of nitrogens with zero attached hydrogens (tertiary/aromatic N) is 1. The van der Waals surface area contributed by atoms with Crippen LogP contribution < -0.4 is 0 Å². The number of amides is 1. The SMILES string of the molecule is Cc1ccccc1CC(=O)N(C)CC(C)Br. The van der Waals surface area contributed by atoms with E-state index in [2.05, 4.69) is 15.9 Å². The van der Waals surface area contributed by atoms with Gasteiger partial charge in [0.2, 0.25) is 5.91 Å². The molecule has 1 amide bonds. The lowest BCUT2D eigenvalue weighted by Gasteiger charge is -2.19. The lowest BCUT2D eigenvalue weighted by molar-refractivity contribution is -0.129. The minimum Gasteiger partial charge on any atom is -0.344 e. The molecule has 0 saturated heterocycles. The Kier molecular flexibility index (Phi) is 5.00. The first kappa shape index (κ1) is 13.2. The number of likely N-dealkylation sites (N-methyl/N-ethyl adjacent to an activating group) is 1. The summed E-state index contributed by atoms with van der Waals surface area (Å²) in [4.78, 5) is 14.0. The van der Waals surface area contributed by atoms with Crippen LogP contribution >= 0.6 is 15.9 Å². The van der Waals surface area contributed by atoms with Gasteiger partial charge in [0.1, 0.15) is 0 Å². The van der Waals surface area contributed by atoms with E-state index >= 15 is 0 Å². The van der Waals surface area contributed by atoms with Gasteiger partial charge >= 0.3 is 0 Å². The molecule has 3 heteroatoms. The van der Waals surface area contributed by atoms with Crippen LogP contribution in [-0.4, -0.2) is 29.2 Å². The lowest BCUT2D eigenvalue weighted by atomic mass is 10.1. The van der Waals surface area contributed by atoms with Gasteiger partial charge in [-0.15, -0.1) is 0 Å². The normalized spacial score (nSPS) is 12.2. The first-order valence-electron chi connectivity index (χ1n) is 5.43. The Balaban J connectivity index is 2.61. The molecule has 16 heavy (non-hydrogen) atoms. The summed E-state index contributed by atoms with van der Waals surface area (Å²) in [5, 5.41) is 0. The summed E-state index contributed by atoms with van der Waals surface area (Å²) in [7, 11) is 1.85. The quantitative estimate of drug-likeness (QED) is 0.779. The van der Waals surface area contributed by atoms with Crippen LogP contribution in [0.5, 0.6) is 0 Å². The molecule has 1 rings (SSSR count). The molecule has 0 radical (unpaired) electrons. The molecule has 0 aromatic heterocycles. The summed E-state index contributed by atoms with van der Waals surface area (Å²) in [6.45, 7) is 4.82. The van der Waals surface area contributed by atoms with Gasteiger partial charge in [0.05, 0.1) is 6.42 Å². The highest BCUT2D eigenvalue weighted by Crippen LogP contribution is 2.09. The Hall–Kier alpha value is -0.830. The molecule has 0 fully saturated rings. The second kappa shape index (κ2) is 6.04. The number of halogens is 1. The number of carbonyl (C=O) groups is 1. The van der Waals surface area contributed by atoms with Gasteiger partial charge in [-0.05, 0) is 18.1 Å². The Labute approximate surface area is 106 Å². The van der Waals surface area contributed by atoms with Crippen molar-refractivity contribution in [3.8, 4) is 0 Å². The van der Waals surface area contributed by atoms with Crippen molar-refractivity contribution >= 4 is 21.8 Å². The van der Waals surface area contributed by atoms with Crippen molar-refractivity contribution in [2.45, 2.75) is 25.1 Å². The molecule has 1 unspecified atom stereocenters. The van der Waals surface area contributed by atoms with Crippen LogP contribution in [0.2, 0.25) is 0 Å². The molecule has 2 nitrogen and oxygen atoms in total. The molecule has 0 aliphatic rings. The third kappa shape index (κ3) is 3.97. The molecule has 0 bridgehead atoms. The number of hydrogen-bond acceptors (Lipinski definition) is 1. The van der Waals surface area contributed by atoms with E-state index in [1.54, 1.807) is 4.90 Å². The predicted octanol–water partition coefficient (Wildman–Crippen LogP) is 2.78. The Morgan fingerprint density at radius 1 is 1.44 bits per heavy atom. The average Bonchev–Trinajstić information content (AvgIpc) is 2.20. The second-order valence-corrected chi connectivity index (χ2v) is 5.72. The first-order chi connectivity index (χ1) is 7.50. The number of benzene rings is 1. The van der Waals surface area contributed by atoms with E-state index in [0.717, 1.165) is 12.1 Å². The maximum Gasteiger partial charge on any atom is 0.226 e. The lowest BCUT2D eigenvalue weighted by Crippen LogP contribution is -2.32. The minimum atomic E-state index is 0.167. The zero-order chi connectivity index (χ0) is 12.1. The van der Waals surface area contributed by atoms with Crippen LogP contribution in [0.3, 0.4) is 0 Å². The highest BCUT2D eigenvalue weighted by atomic mass is 79.9. The average molecular weight is 284 g/mol. The largest absolute Gasteiger partial charge is 0.344 e. The molecule has 0 spiro atoms. The van der Waals surface area contributed by atoms with Crippen LogP contribution in [0.15, 0.2) is 24.3 Å². The van der Waals surface area contributed by atoms with Gasteiger partial charge in [0, 0.05) is 18.4 Å². The summed E-state index contributed by atoms with van der Waals surface area (Å²) in [6, 6.07) is 8.02. The van der Waals surface area contributed by atoms with Gasteiger partial charge in [-0.2, -0.15) is 0 Å². The van der Waals surface area contributed by atoms with E-state index < -0.39 is 0 Å². The fraction of sp³-hybridized carbons (Fsp3) is 0.462. The van der Waals surface area contributed by atoms with Gasteiger partial charge in [0.15, 0.2) is 0 Å². The fourth-order valence-electron chi connectivity index (χ4n) is 1.59. The first-order valence-corrected chi connectivity index (χ1v) is 6.35. The van der Waals surface area contributed by atoms with Gasteiger partial charge < -0.3 is 4.90 Å². The maximum atomic E-state index is 11.9. The van der Waals surface area contributed by atoms with Crippen molar-refractivity contribution in [1.29, 1.82) is 0 Å². The zero-order valence-electron chi connectivity index (χ0n) is 10.0. The number of hydrogen-bond donors (Lipinski definition) is 0. The minimum absolute atomic E-state index is 0.167. The third-order valence-electron chi connectivity index (χ3n) is 2.55. The Morgan fingerprint density at radius 2 is 2.06 bits per heavy atom. The Bertz CT molecular complexity index is 363. The highest BCUT2D eigenvalue weighted by molar-refractivity contribution is 9.09. The number of alkyl halides is 1. The maximum absolute atomic E-state index is 11.9. The molecule has 88 valence electrons. The van der Waals surface area contributed by atoms with Crippen LogP contribution in [0, 0.1) is 6.92 Å². The molecular formula is C13H18BrNO. The zero-order valence-corrected chi connectivity index (χ0v) is 11.6. The Morgan fingerprint density at radius 3 is 2.62 bits per heavy atom. The topological polar surface area (TPSA) is 20.3 Å². The van der Waals surface area contributed by atoms with Crippen molar-refractivity contribution in [2.75, 3.05) is 13.6 Å². The molecule has 0 aliphatic carbocycles. The van der Waals surface area contributed by atoms with Crippen molar-refractivity contribution in [3.05, 3.63) is 35.4 Å². The number of rotatable bonds is 4. The van der Waals surface area contributed by atoms with Crippen molar-refractivity contribution in [3.63, 3.8) is 0 Å². The molecule has 1 aromatic carbocycles. The third-order valence-corrected chi connectivity index (χ3v) is 2.84. The summed E-state index contributed by atoms with van der Waals surface area (Å²) >= 11 is 3.45. The summed E-state index contributed by atoms with van der Waals surface area (Å²) in [5.41, 5.74) is 2.29. The molecule has 1 aromatic rings. The molecule has 0 saturated carbocycles. The van der Waals surface area contributed by atoms with E-state index in [4.69, 9.17) is 0 Å². The van der Waals surface area contributed by atoms with E-state index in [0.29, 0.717) is 11.2 Å². The van der Waals surface area contributed by atoms with E-state index in [1.807, 2.05) is 45.2 Å². The van der Waals surface area contributed by atoms with Crippen LogP contribution in [0.4, 0.5) is 0 Å². The summed E-state index contributed by atoms with van der Waals surface area (Å²) in [5.74, 6) is 0.167. The van der Waals surface area contributed by atoms with Crippen LogP contribution in [0.1, 0.15) is 18.1 Å². The molecule has 0 heterocycles.